The summed E-state index contributed by atoms with van der Waals surface area (Å²) in [4.78, 5) is 41.9. The molecule has 35 heavy (non-hydrogen) atoms. The molecule has 0 radical (unpaired) electrons. The maximum absolute atomic E-state index is 13.4. The predicted octanol–water partition coefficient (Wildman–Crippen LogP) is 2.58. The molecular weight excluding hydrogens is 440 g/mol. The first-order valence-corrected chi connectivity index (χ1v) is 13.1. The zero-order valence-corrected chi connectivity index (χ0v) is 20.4. The minimum Gasteiger partial charge on any atom is -0.354 e. The van der Waals surface area contributed by atoms with E-state index in [1.165, 1.54) is 6.42 Å². The van der Waals surface area contributed by atoms with E-state index in [1.54, 1.807) is 12.4 Å². The fourth-order valence-electron chi connectivity index (χ4n) is 5.97. The molecule has 8 nitrogen and oxygen atoms in total. The molecule has 1 saturated carbocycles. The minimum absolute atomic E-state index is 0.000386. The smallest absolute Gasteiger partial charge is 0.254 e. The fourth-order valence-corrected chi connectivity index (χ4v) is 5.97. The molecular formula is C27H36N6O2. The second kappa shape index (κ2) is 11.2. The van der Waals surface area contributed by atoms with Gasteiger partial charge >= 0.3 is 0 Å². The van der Waals surface area contributed by atoms with E-state index < -0.39 is 0 Å². The van der Waals surface area contributed by atoms with Crippen molar-refractivity contribution in [1.29, 1.82) is 0 Å². The number of piperazine rings is 1. The van der Waals surface area contributed by atoms with Crippen molar-refractivity contribution in [3.05, 3.63) is 54.4 Å². The first-order chi connectivity index (χ1) is 17.2. The Morgan fingerprint density at radius 1 is 0.943 bits per heavy atom. The molecule has 0 spiro atoms. The van der Waals surface area contributed by atoms with Gasteiger partial charge in [-0.25, -0.2) is 9.97 Å². The lowest BCUT2D eigenvalue weighted by Crippen LogP contribution is -2.50. The predicted molar refractivity (Wildman–Crippen MR) is 135 cm³/mol. The highest BCUT2D eigenvalue weighted by Gasteiger charge is 2.47. The van der Waals surface area contributed by atoms with Gasteiger partial charge in [0.2, 0.25) is 11.9 Å². The van der Waals surface area contributed by atoms with Crippen LogP contribution in [0.4, 0.5) is 5.95 Å². The van der Waals surface area contributed by atoms with Crippen molar-refractivity contribution in [1.82, 2.24) is 25.1 Å². The zero-order chi connectivity index (χ0) is 24.0. The van der Waals surface area contributed by atoms with E-state index in [0.29, 0.717) is 18.0 Å². The largest absolute Gasteiger partial charge is 0.354 e. The van der Waals surface area contributed by atoms with Crippen molar-refractivity contribution in [2.45, 2.75) is 50.6 Å². The van der Waals surface area contributed by atoms with Crippen LogP contribution in [0.2, 0.25) is 0 Å². The molecule has 2 aliphatic heterocycles. The summed E-state index contributed by atoms with van der Waals surface area (Å²) in [6.45, 7) is 5.36. The third-order valence-corrected chi connectivity index (χ3v) is 7.80. The number of likely N-dealkylation sites (tertiary alicyclic amines) is 1. The van der Waals surface area contributed by atoms with Crippen molar-refractivity contribution in [3.63, 3.8) is 0 Å². The normalized spacial score (nSPS) is 24.7. The molecule has 3 fully saturated rings. The molecule has 8 heteroatoms. The maximum Gasteiger partial charge on any atom is 0.254 e. The van der Waals surface area contributed by atoms with Gasteiger partial charge in [-0.15, -0.1) is 0 Å². The number of amides is 2. The minimum atomic E-state index is -0.356. The Labute approximate surface area is 207 Å². The van der Waals surface area contributed by atoms with Gasteiger partial charge in [-0.05, 0) is 56.3 Å². The monoisotopic (exact) mass is 476 g/mol. The van der Waals surface area contributed by atoms with E-state index >= 15 is 0 Å². The van der Waals surface area contributed by atoms with Crippen LogP contribution >= 0.6 is 0 Å². The van der Waals surface area contributed by atoms with Gasteiger partial charge in [0, 0.05) is 56.7 Å². The second-order valence-corrected chi connectivity index (χ2v) is 9.96. The summed E-state index contributed by atoms with van der Waals surface area (Å²) in [6.07, 6.45) is 9.72. The first kappa shape index (κ1) is 23.7. The highest BCUT2D eigenvalue weighted by molar-refractivity contribution is 5.98. The van der Waals surface area contributed by atoms with Crippen LogP contribution < -0.4 is 10.2 Å². The van der Waals surface area contributed by atoms with Crippen molar-refractivity contribution >= 4 is 17.8 Å². The van der Waals surface area contributed by atoms with E-state index in [4.69, 9.17) is 0 Å². The number of nitrogens with one attached hydrogen (secondary N) is 1. The molecule has 3 aliphatic rings. The zero-order valence-electron chi connectivity index (χ0n) is 20.4. The number of hydrogen-bond donors (Lipinski definition) is 1. The lowest BCUT2D eigenvalue weighted by atomic mass is 9.84. The molecule has 2 aromatic rings. The van der Waals surface area contributed by atoms with Crippen molar-refractivity contribution in [2.24, 2.45) is 5.92 Å². The summed E-state index contributed by atoms with van der Waals surface area (Å²) in [5.74, 6) is 1.25. The first-order valence-electron chi connectivity index (χ1n) is 13.1. The second-order valence-electron chi connectivity index (χ2n) is 9.96. The Hall–Kier alpha value is -3.00. The Morgan fingerprint density at radius 3 is 2.46 bits per heavy atom. The van der Waals surface area contributed by atoms with E-state index in [9.17, 15) is 9.59 Å². The maximum atomic E-state index is 13.4. The number of carbonyl (C=O) groups excluding carboxylic acids is 2. The summed E-state index contributed by atoms with van der Waals surface area (Å²) in [5, 5.41) is 3.15. The van der Waals surface area contributed by atoms with Gasteiger partial charge in [-0.2, -0.15) is 0 Å². The SMILES string of the molecule is O=C(NCCCN1CCN(c2ncccn2)CC1)C1CC2CCCCC2N1C(=O)c1ccccc1. The lowest BCUT2D eigenvalue weighted by molar-refractivity contribution is -0.125. The number of aromatic nitrogens is 2. The molecule has 1 aliphatic carbocycles. The number of benzene rings is 1. The van der Waals surface area contributed by atoms with Crippen molar-refractivity contribution in [3.8, 4) is 0 Å². The van der Waals surface area contributed by atoms with Gasteiger partial charge in [0.25, 0.3) is 5.91 Å². The molecule has 3 unspecified atom stereocenters. The van der Waals surface area contributed by atoms with Gasteiger partial charge in [-0.3, -0.25) is 14.5 Å². The molecule has 2 saturated heterocycles. The lowest BCUT2D eigenvalue weighted by Gasteiger charge is -2.34. The van der Waals surface area contributed by atoms with Gasteiger partial charge in [0.15, 0.2) is 0 Å². The Kier molecular flexibility index (Phi) is 7.57. The van der Waals surface area contributed by atoms with E-state index in [2.05, 4.69) is 25.1 Å². The number of anilines is 1. The van der Waals surface area contributed by atoms with Crippen LogP contribution in [0.15, 0.2) is 48.8 Å². The number of carbonyl (C=O) groups is 2. The van der Waals surface area contributed by atoms with E-state index in [-0.39, 0.29) is 23.9 Å². The Morgan fingerprint density at radius 2 is 1.69 bits per heavy atom. The topological polar surface area (TPSA) is 81.7 Å². The van der Waals surface area contributed by atoms with Crippen molar-refractivity contribution < 1.29 is 9.59 Å². The standard InChI is InChI=1S/C27H36N6O2/c34-25(28-14-7-15-31-16-18-32(19-17-31)27-29-12-6-13-30-27)24-20-22-10-4-5-11-23(22)33(24)26(35)21-8-2-1-3-9-21/h1-3,6,8-9,12-13,22-24H,4-5,7,10-11,14-20H2,(H,28,34). The van der Waals surface area contributed by atoms with Crippen LogP contribution in [0.3, 0.4) is 0 Å². The van der Waals surface area contributed by atoms with Crippen LogP contribution in [0.1, 0.15) is 48.9 Å². The Bertz CT molecular complexity index is 980. The summed E-state index contributed by atoms with van der Waals surface area (Å²) >= 11 is 0. The van der Waals surface area contributed by atoms with Gasteiger partial charge < -0.3 is 15.1 Å². The van der Waals surface area contributed by atoms with Crippen LogP contribution in [-0.2, 0) is 4.79 Å². The third kappa shape index (κ3) is 5.48. The van der Waals surface area contributed by atoms with Gasteiger partial charge in [-0.1, -0.05) is 31.0 Å². The third-order valence-electron chi connectivity index (χ3n) is 7.80. The molecule has 0 bridgehead atoms. The van der Waals surface area contributed by atoms with Crippen LogP contribution in [0.25, 0.3) is 0 Å². The molecule has 1 aromatic heterocycles. The number of hydrogen-bond acceptors (Lipinski definition) is 6. The van der Waals surface area contributed by atoms with E-state index in [0.717, 1.165) is 70.8 Å². The molecule has 1 aromatic carbocycles. The van der Waals surface area contributed by atoms with Crippen LogP contribution in [0.5, 0.6) is 0 Å². The molecule has 3 heterocycles. The highest BCUT2D eigenvalue weighted by Crippen LogP contribution is 2.40. The van der Waals surface area contributed by atoms with Gasteiger partial charge in [0.05, 0.1) is 0 Å². The highest BCUT2D eigenvalue weighted by atomic mass is 16.2. The molecule has 186 valence electrons. The fraction of sp³-hybridized carbons (Fsp3) is 0.556. The number of rotatable bonds is 7. The molecule has 3 atom stereocenters. The molecule has 5 rings (SSSR count). The summed E-state index contributed by atoms with van der Waals surface area (Å²) in [5.41, 5.74) is 0.677. The average Bonchev–Trinajstić information content (AvgIpc) is 3.32. The van der Waals surface area contributed by atoms with Gasteiger partial charge in [0.1, 0.15) is 6.04 Å². The number of fused-ring (bicyclic) bond motifs is 1. The molecule has 1 N–H and O–H groups in total. The van der Waals surface area contributed by atoms with Crippen LogP contribution in [0, 0.1) is 5.92 Å². The number of nitrogens with zero attached hydrogens (tertiary/aromatic N) is 5. The Balaban J connectivity index is 1.11. The summed E-state index contributed by atoms with van der Waals surface area (Å²) in [6, 6.07) is 11.1. The molecule has 2 amide bonds. The quantitative estimate of drug-likeness (QED) is 0.619. The summed E-state index contributed by atoms with van der Waals surface area (Å²) in [7, 11) is 0. The van der Waals surface area contributed by atoms with Crippen LogP contribution in [-0.4, -0.2) is 82.9 Å². The summed E-state index contributed by atoms with van der Waals surface area (Å²) < 4.78 is 0. The van der Waals surface area contributed by atoms with E-state index in [1.807, 2.05) is 41.3 Å². The van der Waals surface area contributed by atoms with Crippen molar-refractivity contribution in [2.75, 3.05) is 44.2 Å². The average molecular weight is 477 g/mol.